The minimum Gasteiger partial charge on any atom is -0.484 e. The molecule has 3 atom stereocenters. The van der Waals surface area contributed by atoms with Gasteiger partial charge in [0.05, 0.1) is 0 Å². The number of nitrogens with zero attached hydrogens (tertiary/aromatic N) is 1. The fraction of sp³-hybridized carbons (Fsp3) is 0.562. The maximum atomic E-state index is 12.2. The van der Waals surface area contributed by atoms with E-state index in [0.29, 0.717) is 22.6 Å². The van der Waals surface area contributed by atoms with Gasteiger partial charge >= 0.3 is 0 Å². The Morgan fingerprint density at radius 1 is 1.41 bits per heavy atom. The molecule has 0 bridgehead atoms. The molecule has 1 aromatic carbocycles. The zero-order valence-corrected chi connectivity index (χ0v) is 14.2. The molecule has 122 valence electrons. The molecule has 2 N–H and O–H groups in total. The highest BCUT2D eigenvalue weighted by Gasteiger charge is 2.42. The molecule has 0 spiro atoms. The molecule has 3 rings (SSSR count). The second kappa shape index (κ2) is 7.07. The molecule has 1 saturated carbocycles. The Morgan fingerprint density at radius 2 is 2.18 bits per heavy atom. The molecule has 0 radical (unpaired) electrons. The molecule has 1 heterocycles. The zero-order chi connectivity index (χ0) is 15.0. The lowest BCUT2D eigenvalue weighted by Crippen LogP contribution is -2.36. The Balaban J connectivity index is 0.00000176. The number of hydrogen-bond donors (Lipinski definition) is 1. The Labute approximate surface area is 142 Å². The molecule has 2 fully saturated rings. The third-order valence-electron chi connectivity index (χ3n) is 4.76. The minimum absolute atomic E-state index is 0. The number of amides is 1. The van der Waals surface area contributed by atoms with Gasteiger partial charge in [0.15, 0.2) is 6.61 Å². The van der Waals surface area contributed by atoms with Crippen LogP contribution >= 0.6 is 24.0 Å². The van der Waals surface area contributed by atoms with Gasteiger partial charge in [0, 0.05) is 24.2 Å². The molecule has 3 unspecified atom stereocenters. The second-order valence-corrected chi connectivity index (χ2v) is 6.57. The molecule has 1 amide bonds. The highest BCUT2D eigenvalue weighted by atomic mass is 35.5. The first-order valence-electron chi connectivity index (χ1n) is 7.47. The van der Waals surface area contributed by atoms with E-state index in [4.69, 9.17) is 22.1 Å². The normalized spacial score (nSPS) is 26.5. The molecule has 1 aliphatic heterocycles. The van der Waals surface area contributed by atoms with Crippen LogP contribution in [0.3, 0.4) is 0 Å². The predicted molar refractivity (Wildman–Crippen MR) is 89.7 cm³/mol. The molecule has 1 aliphatic carbocycles. The van der Waals surface area contributed by atoms with Crippen LogP contribution in [0, 0.1) is 18.8 Å². The van der Waals surface area contributed by atoms with Crippen LogP contribution in [0.4, 0.5) is 0 Å². The van der Waals surface area contributed by atoms with Crippen LogP contribution in [0.25, 0.3) is 0 Å². The van der Waals surface area contributed by atoms with Crippen molar-refractivity contribution in [2.75, 3.05) is 19.7 Å². The van der Waals surface area contributed by atoms with E-state index < -0.39 is 0 Å². The molecular formula is C16H22Cl2N2O2. The van der Waals surface area contributed by atoms with Gasteiger partial charge in [-0.25, -0.2) is 0 Å². The van der Waals surface area contributed by atoms with E-state index in [0.717, 1.165) is 31.5 Å². The van der Waals surface area contributed by atoms with Crippen LogP contribution in [-0.4, -0.2) is 36.5 Å². The van der Waals surface area contributed by atoms with Gasteiger partial charge in [0.25, 0.3) is 5.91 Å². The average molecular weight is 345 g/mol. The number of benzene rings is 1. The number of hydrogen-bond acceptors (Lipinski definition) is 3. The van der Waals surface area contributed by atoms with Gasteiger partial charge < -0.3 is 15.4 Å². The molecular weight excluding hydrogens is 323 g/mol. The van der Waals surface area contributed by atoms with Crippen molar-refractivity contribution >= 4 is 29.9 Å². The van der Waals surface area contributed by atoms with Crippen LogP contribution < -0.4 is 10.5 Å². The number of aryl methyl sites for hydroxylation is 1. The fourth-order valence-electron chi connectivity index (χ4n) is 3.45. The Hall–Kier alpha value is -0.970. The molecule has 1 saturated heterocycles. The Kier molecular flexibility index (Phi) is 5.59. The van der Waals surface area contributed by atoms with Crippen LogP contribution in [0.5, 0.6) is 5.75 Å². The topological polar surface area (TPSA) is 55.6 Å². The van der Waals surface area contributed by atoms with Crippen molar-refractivity contribution < 1.29 is 9.53 Å². The van der Waals surface area contributed by atoms with Gasteiger partial charge in [-0.15, -0.1) is 12.4 Å². The van der Waals surface area contributed by atoms with Crippen molar-refractivity contribution in [2.24, 2.45) is 17.6 Å². The van der Waals surface area contributed by atoms with E-state index in [1.54, 1.807) is 12.1 Å². The van der Waals surface area contributed by atoms with Crippen LogP contribution in [-0.2, 0) is 4.79 Å². The molecule has 6 heteroatoms. The smallest absolute Gasteiger partial charge is 0.260 e. The van der Waals surface area contributed by atoms with Crippen molar-refractivity contribution in [2.45, 2.75) is 25.8 Å². The number of ether oxygens (including phenoxy) is 1. The largest absolute Gasteiger partial charge is 0.484 e. The van der Waals surface area contributed by atoms with Crippen LogP contribution in [0.15, 0.2) is 18.2 Å². The first kappa shape index (κ1) is 17.4. The van der Waals surface area contributed by atoms with Crippen molar-refractivity contribution in [1.29, 1.82) is 0 Å². The van der Waals surface area contributed by atoms with Gasteiger partial charge in [-0.2, -0.15) is 0 Å². The maximum Gasteiger partial charge on any atom is 0.260 e. The number of carbonyl (C=O) groups is 1. The molecule has 4 nitrogen and oxygen atoms in total. The van der Waals surface area contributed by atoms with E-state index in [-0.39, 0.29) is 31.0 Å². The van der Waals surface area contributed by atoms with Gasteiger partial charge in [-0.3, -0.25) is 4.79 Å². The number of nitrogens with two attached hydrogens (primary N) is 1. The monoisotopic (exact) mass is 344 g/mol. The van der Waals surface area contributed by atoms with Gasteiger partial charge in [-0.05, 0) is 55.4 Å². The molecule has 1 aromatic rings. The fourth-order valence-corrected chi connectivity index (χ4v) is 3.57. The summed E-state index contributed by atoms with van der Waals surface area (Å²) in [6.07, 6.45) is 2.24. The highest BCUT2D eigenvalue weighted by Crippen LogP contribution is 2.37. The number of rotatable bonds is 3. The lowest BCUT2D eigenvalue weighted by Gasteiger charge is -2.19. The third kappa shape index (κ3) is 3.50. The van der Waals surface area contributed by atoms with Crippen molar-refractivity contribution in [3.05, 3.63) is 28.8 Å². The highest BCUT2D eigenvalue weighted by molar-refractivity contribution is 6.31. The minimum atomic E-state index is 0. The lowest BCUT2D eigenvalue weighted by molar-refractivity contribution is -0.132. The predicted octanol–water partition coefficient (Wildman–Crippen LogP) is 2.64. The SMILES string of the molecule is Cc1cc(OCC(=O)N2CC3CCC(N)C3C2)ccc1Cl.Cl. The van der Waals surface area contributed by atoms with Crippen LogP contribution in [0.2, 0.25) is 5.02 Å². The average Bonchev–Trinajstić information content (AvgIpc) is 3.02. The van der Waals surface area contributed by atoms with Crippen molar-refractivity contribution in [3.63, 3.8) is 0 Å². The number of halogens is 2. The van der Waals surface area contributed by atoms with E-state index in [1.165, 1.54) is 0 Å². The van der Waals surface area contributed by atoms with Crippen molar-refractivity contribution in [3.8, 4) is 5.75 Å². The van der Waals surface area contributed by atoms with Gasteiger partial charge in [-0.1, -0.05) is 11.6 Å². The van der Waals surface area contributed by atoms with Gasteiger partial charge in [0.2, 0.25) is 0 Å². The Morgan fingerprint density at radius 3 is 2.86 bits per heavy atom. The third-order valence-corrected chi connectivity index (χ3v) is 5.18. The number of carbonyl (C=O) groups excluding carboxylic acids is 1. The summed E-state index contributed by atoms with van der Waals surface area (Å²) in [5, 5.41) is 0.704. The number of fused-ring (bicyclic) bond motifs is 1. The molecule has 22 heavy (non-hydrogen) atoms. The summed E-state index contributed by atoms with van der Waals surface area (Å²) in [5.74, 6) is 1.79. The first-order valence-corrected chi connectivity index (χ1v) is 7.84. The van der Waals surface area contributed by atoms with Crippen molar-refractivity contribution in [1.82, 2.24) is 4.90 Å². The number of likely N-dealkylation sites (tertiary alicyclic amines) is 1. The van der Waals surface area contributed by atoms with Crippen LogP contribution in [0.1, 0.15) is 18.4 Å². The standard InChI is InChI=1S/C16H21ClN2O2.ClH/c1-10-6-12(3-4-14(10)17)21-9-16(20)19-7-11-2-5-15(18)13(11)8-19;/h3-4,6,11,13,15H,2,5,7-9,18H2,1H3;1H. The summed E-state index contributed by atoms with van der Waals surface area (Å²) in [4.78, 5) is 14.1. The lowest BCUT2D eigenvalue weighted by atomic mass is 9.98. The summed E-state index contributed by atoms with van der Waals surface area (Å²) < 4.78 is 5.58. The second-order valence-electron chi connectivity index (χ2n) is 6.16. The zero-order valence-electron chi connectivity index (χ0n) is 12.6. The summed E-state index contributed by atoms with van der Waals surface area (Å²) in [6, 6.07) is 5.69. The summed E-state index contributed by atoms with van der Waals surface area (Å²) in [5.41, 5.74) is 7.04. The van der Waals surface area contributed by atoms with E-state index >= 15 is 0 Å². The summed E-state index contributed by atoms with van der Waals surface area (Å²) in [6.45, 7) is 3.61. The summed E-state index contributed by atoms with van der Waals surface area (Å²) in [7, 11) is 0. The van der Waals surface area contributed by atoms with E-state index in [9.17, 15) is 4.79 Å². The first-order chi connectivity index (χ1) is 10.0. The Bertz CT molecular complexity index is 553. The molecule has 2 aliphatic rings. The maximum absolute atomic E-state index is 12.2. The quantitative estimate of drug-likeness (QED) is 0.916. The summed E-state index contributed by atoms with van der Waals surface area (Å²) >= 11 is 5.97. The molecule has 0 aromatic heterocycles. The van der Waals surface area contributed by atoms with E-state index in [2.05, 4.69) is 0 Å². The van der Waals surface area contributed by atoms with Gasteiger partial charge in [0.1, 0.15) is 5.75 Å². The van der Waals surface area contributed by atoms with E-state index in [1.807, 2.05) is 17.9 Å².